The highest BCUT2D eigenvalue weighted by atomic mass is 127. The Morgan fingerprint density at radius 3 is 0.866 bits per heavy atom. The van der Waals surface area contributed by atoms with Gasteiger partial charge in [-0.1, -0.05) is 306 Å². The summed E-state index contributed by atoms with van der Waals surface area (Å²) < 4.78 is 52.9. The fourth-order valence-corrected chi connectivity index (χ4v) is 13.4. The Hall–Kier alpha value is -11.1. The summed E-state index contributed by atoms with van der Waals surface area (Å²) in [6, 6.07) is 83.2. The summed E-state index contributed by atoms with van der Waals surface area (Å²) in [7, 11) is 0. The van der Waals surface area contributed by atoms with Gasteiger partial charge in [0.1, 0.15) is 44.1 Å². The molecule has 3 heterocycles. The second kappa shape index (κ2) is 45.9. The van der Waals surface area contributed by atoms with Crippen LogP contribution in [-0.2, 0) is 111 Å². The number of nitrogens with zero attached hydrogens (tertiary/aromatic N) is 9. The van der Waals surface area contributed by atoms with Crippen LogP contribution in [0.15, 0.2) is 283 Å². The number of cyclic esters (lactones) is 2. The van der Waals surface area contributed by atoms with Crippen LogP contribution in [0.25, 0.3) is 20.9 Å². The number of aliphatic hydroxyl groups excluding tert-OH is 1. The molecule has 10 atom stereocenters. The number of carbonyl (C=O) groups is 5. The molecule has 3 aliphatic rings. The Morgan fingerprint density at radius 1 is 0.375 bits per heavy atom. The zero-order chi connectivity index (χ0) is 78.3. The van der Waals surface area contributed by atoms with Crippen molar-refractivity contribution >= 4 is 52.8 Å². The third-order valence-corrected chi connectivity index (χ3v) is 20.1. The van der Waals surface area contributed by atoms with E-state index in [-0.39, 0.29) is 62.8 Å². The highest BCUT2D eigenvalue weighted by Gasteiger charge is 2.43. The maximum Gasteiger partial charge on any atom is 0.410 e. The molecular formula is C87H92IN9O15. The number of rotatable bonds is 32. The van der Waals surface area contributed by atoms with Gasteiger partial charge in [0, 0.05) is 29.5 Å². The van der Waals surface area contributed by atoms with Crippen LogP contribution in [0.3, 0.4) is 0 Å². The van der Waals surface area contributed by atoms with E-state index in [0.717, 1.165) is 56.5 Å². The van der Waals surface area contributed by atoms with Crippen molar-refractivity contribution in [3.05, 3.63) is 344 Å². The minimum Gasteiger partial charge on any atom is -0.460 e. The first kappa shape index (κ1) is 83.4. The molecule has 9 aromatic carbocycles. The van der Waals surface area contributed by atoms with Gasteiger partial charge in [0.25, 0.3) is 0 Å². The standard InChI is InChI=1S/C29H32INO5.2C29H30N4O5/c30-25-16-17-27(36-28(25)32)26(21-34-19-23-12-6-2-7-13-23)31(18-22-10-4-1-5-11-22)29(33)35-20-24-14-8-3-9-15-24;2*30-32-31-25-16-17-27(38-28(25)34)26(21-36-19-23-12-6-2-7-13-23)33(18-22-10-4-1-5-11-22)29(35)37-20-24-14-8-3-9-15-24/h1-15,25-28,32H,16-21H2;2*1-15,25-27H,16-21H2/t25?,26-,27-,28?;25?,26-,27-;25-,26-,27-/m000/s1. The number of amides is 3. The van der Waals surface area contributed by atoms with Crippen LogP contribution in [0.5, 0.6) is 0 Å². The molecule has 1 N–H and O–H groups in total. The van der Waals surface area contributed by atoms with Gasteiger partial charge in [0.15, 0.2) is 6.29 Å². The molecule has 0 aliphatic carbocycles. The Bertz CT molecular complexity index is 4190. The lowest BCUT2D eigenvalue weighted by molar-refractivity contribution is -0.179. The fraction of sp³-hybridized carbons (Fsp3) is 0.322. The maximum absolute atomic E-state index is 13.5. The van der Waals surface area contributed by atoms with E-state index in [1.165, 1.54) is 0 Å². The summed E-state index contributed by atoms with van der Waals surface area (Å²) in [5.74, 6) is -1.21. The average molecular weight is 1630 g/mol. The number of ether oxygens (including phenoxy) is 9. The molecule has 3 amide bonds. The molecule has 12 rings (SSSR count). The van der Waals surface area contributed by atoms with E-state index in [2.05, 4.69) is 42.6 Å². The van der Waals surface area contributed by atoms with Gasteiger partial charge in [-0.2, -0.15) is 0 Å². The van der Waals surface area contributed by atoms with Gasteiger partial charge in [-0.05, 0) is 99.7 Å². The van der Waals surface area contributed by atoms with Crippen molar-refractivity contribution in [1.29, 1.82) is 0 Å². The minimum absolute atomic E-state index is 0.0114. The molecular weight excluding hydrogens is 1540 g/mol. The zero-order valence-electron chi connectivity index (χ0n) is 62.0. The van der Waals surface area contributed by atoms with E-state index in [1.54, 1.807) is 14.7 Å². The number of benzene rings is 9. The van der Waals surface area contributed by atoms with Gasteiger partial charge < -0.3 is 47.7 Å². The summed E-state index contributed by atoms with van der Waals surface area (Å²) in [6.07, 6.45) is -1.15. The topological polar surface area (TPSA) is 296 Å². The predicted octanol–water partition coefficient (Wildman–Crippen LogP) is 17.3. The second-order valence-electron chi connectivity index (χ2n) is 26.9. The number of azide groups is 2. The SMILES string of the molecule is O=C(OCc1ccccc1)N(Cc1ccccc1)[C@@H](COCc1ccccc1)[C@@H]1CCC(I)C(O)O1.[N-]=[N+]=NC1CC[C@@H]([C@H](COCc2ccccc2)N(Cc2ccccc2)C(=O)OCc2ccccc2)OC1=O.[N-]=[N+]=N[C@H]1CC[C@@H]([C@H](COCc2ccccc2)N(Cc2ccccc2)C(=O)OCc2ccccc2)OC1=O. The molecule has 9 aromatic rings. The summed E-state index contributed by atoms with van der Waals surface area (Å²) in [4.78, 5) is 76.1. The van der Waals surface area contributed by atoms with Crippen molar-refractivity contribution in [2.75, 3.05) is 19.8 Å². The highest BCUT2D eigenvalue weighted by Crippen LogP contribution is 2.32. The smallest absolute Gasteiger partial charge is 0.410 e. The van der Waals surface area contributed by atoms with Crippen molar-refractivity contribution in [3.8, 4) is 0 Å². The van der Waals surface area contributed by atoms with Crippen LogP contribution >= 0.6 is 22.6 Å². The number of alkyl halides is 1. The van der Waals surface area contributed by atoms with E-state index in [0.29, 0.717) is 58.5 Å². The molecule has 0 saturated carbocycles. The number of hydrogen-bond donors (Lipinski definition) is 1. The third-order valence-electron chi connectivity index (χ3n) is 18.9. The molecule has 0 aromatic heterocycles. The van der Waals surface area contributed by atoms with Crippen LogP contribution in [0.2, 0.25) is 0 Å². The summed E-state index contributed by atoms with van der Waals surface area (Å²) in [6.45, 7) is 2.77. The Kier molecular flexibility index (Phi) is 34.2. The highest BCUT2D eigenvalue weighted by molar-refractivity contribution is 14.1. The molecule has 0 bridgehead atoms. The number of esters is 2. The van der Waals surface area contributed by atoms with Crippen molar-refractivity contribution in [1.82, 2.24) is 14.7 Å². The van der Waals surface area contributed by atoms with Crippen LogP contribution in [0.4, 0.5) is 14.4 Å². The van der Waals surface area contributed by atoms with Crippen LogP contribution in [-0.4, -0.2) is 129 Å². The molecule has 24 nitrogen and oxygen atoms in total. The van der Waals surface area contributed by atoms with Crippen LogP contribution in [0.1, 0.15) is 88.6 Å². The molecule has 25 heteroatoms. The number of carbonyl (C=O) groups excluding carboxylic acids is 5. The summed E-state index contributed by atoms with van der Waals surface area (Å²) >= 11 is 2.21. The van der Waals surface area contributed by atoms with E-state index in [9.17, 15) is 29.1 Å². The molecule has 0 radical (unpaired) electrons. The molecule has 0 spiro atoms. The average Bonchev–Trinajstić information content (AvgIpc) is 0.828. The number of aliphatic hydroxyl groups is 1. The fourth-order valence-electron chi connectivity index (χ4n) is 12.9. The Morgan fingerprint density at radius 2 is 0.616 bits per heavy atom. The first-order valence-electron chi connectivity index (χ1n) is 37.2. The van der Waals surface area contributed by atoms with Gasteiger partial charge >= 0.3 is 30.2 Å². The normalized spacial score (nSPS) is 18.5. The van der Waals surface area contributed by atoms with Gasteiger partial charge in [-0.25, -0.2) is 14.4 Å². The molecule has 112 heavy (non-hydrogen) atoms. The first-order chi connectivity index (χ1) is 54.9. The summed E-state index contributed by atoms with van der Waals surface area (Å²) in [5.41, 5.74) is 26.0. The Labute approximate surface area is 665 Å². The number of hydrogen-bond acceptors (Lipinski definition) is 17. The molecule has 3 unspecified atom stereocenters. The molecule has 3 saturated heterocycles. The van der Waals surface area contributed by atoms with Gasteiger partial charge in [-0.15, -0.1) is 0 Å². The van der Waals surface area contributed by atoms with Crippen molar-refractivity contribution < 1.29 is 71.7 Å². The summed E-state index contributed by atoms with van der Waals surface area (Å²) in [5, 5.41) is 17.5. The largest absolute Gasteiger partial charge is 0.460 e. The van der Waals surface area contributed by atoms with Crippen LogP contribution in [0, 0.1) is 0 Å². The monoisotopic (exact) mass is 1630 g/mol. The zero-order valence-corrected chi connectivity index (χ0v) is 64.2. The van der Waals surface area contributed by atoms with Gasteiger partial charge in [0.2, 0.25) is 0 Å². The second-order valence-corrected chi connectivity index (χ2v) is 28.5. The molecule has 3 fully saturated rings. The van der Waals surface area contributed by atoms with Crippen molar-refractivity contribution in [2.24, 2.45) is 10.2 Å². The minimum atomic E-state index is -0.889. The quantitative estimate of drug-likeness (QED) is 0.00779. The lowest BCUT2D eigenvalue weighted by atomic mass is 9.98. The first-order valence-corrected chi connectivity index (χ1v) is 38.5. The molecule has 582 valence electrons. The van der Waals surface area contributed by atoms with Gasteiger partial charge in [0.05, 0.1) is 67.8 Å². The van der Waals surface area contributed by atoms with E-state index >= 15 is 0 Å². The maximum atomic E-state index is 13.5. The molecule has 3 aliphatic heterocycles. The number of halogens is 1. The van der Waals surface area contributed by atoms with E-state index in [1.807, 2.05) is 273 Å². The van der Waals surface area contributed by atoms with E-state index in [4.69, 9.17) is 53.7 Å². The van der Waals surface area contributed by atoms with E-state index < -0.39 is 78.9 Å². The lowest BCUT2D eigenvalue weighted by Crippen LogP contribution is -2.53. The third kappa shape index (κ3) is 27.1. The van der Waals surface area contributed by atoms with Crippen molar-refractivity contribution in [2.45, 2.75) is 157 Å². The van der Waals surface area contributed by atoms with Crippen molar-refractivity contribution in [3.63, 3.8) is 0 Å². The Balaban J connectivity index is 0.000000178. The lowest BCUT2D eigenvalue weighted by Gasteiger charge is -2.40. The predicted molar refractivity (Wildman–Crippen MR) is 428 cm³/mol. The van der Waals surface area contributed by atoms with Gasteiger partial charge in [-0.3, -0.25) is 24.3 Å². The van der Waals surface area contributed by atoms with Crippen LogP contribution < -0.4 is 0 Å².